The summed E-state index contributed by atoms with van der Waals surface area (Å²) in [6.07, 6.45) is -3.88. The van der Waals surface area contributed by atoms with Crippen molar-refractivity contribution >= 4 is 0 Å². The van der Waals surface area contributed by atoms with E-state index < -0.39 is 17.9 Å². The van der Waals surface area contributed by atoms with Crippen LogP contribution in [-0.4, -0.2) is 6.36 Å². The van der Waals surface area contributed by atoms with Crippen molar-refractivity contribution in [3.05, 3.63) is 29.6 Å². The summed E-state index contributed by atoms with van der Waals surface area (Å²) >= 11 is 0. The zero-order valence-electron chi connectivity index (χ0n) is 8.07. The summed E-state index contributed by atoms with van der Waals surface area (Å²) in [6, 6.07) is 3.73. The van der Waals surface area contributed by atoms with Crippen molar-refractivity contribution in [2.24, 2.45) is 0 Å². The van der Waals surface area contributed by atoms with Crippen LogP contribution in [0, 0.1) is 5.82 Å². The van der Waals surface area contributed by atoms with Crippen molar-refractivity contribution in [2.45, 2.75) is 26.1 Å². The first kappa shape index (κ1) is 11.8. The molecule has 0 saturated heterocycles. The normalized spacial score (nSPS) is 11.5. The highest BCUT2D eigenvalue weighted by Gasteiger charge is 2.33. The van der Waals surface area contributed by atoms with Gasteiger partial charge in [-0.15, -0.1) is 13.2 Å². The summed E-state index contributed by atoms with van der Waals surface area (Å²) in [7, 11) is 0. The van der Waals surface area contributed by atoms with E-state index >= 15 is 0 Å². The van der Waals surface area contributed by atoms with Gasteiger partial charge in [-0.1, -0.05) is 25.5 Å². The summed E-state index contributed by atoms with van der Waals surface area (Å²) in [4.78, 5) is 0. The molecule has 0 N–H and O–H groups in total. The van der Waals surface area contributed by atoms with Crippen molar-refractivity contribution in [3.63, 3.8) is 0 Å². The third kappa shape index (κ3) is 3.42. The predicted molar refractivity (Wildman–Crippen MR) is 47.1 cm³/mol. The molecule has 0 atom stereocenters. The molecule has 1 nitrogen and oxygen atoms in total. The molecule has 0 radical (unpaired) electrons. The molecule has 0 aliphatic heterocycles. The number of ether oxygens (including phenoxy) is 1. The number of hydrogen-bond donors (Lipinski definition) is 0. The second-order valence-corrected chi connectivity index (χ2v) is 3.03. The van der Waals surface area contributed by atoms with Gasteiger partial charge in [0.1, 0.15) is 0 Å². The fourth-order valence-electron chi connectivity index (χ4n) is 1.25. The van der Waals surface area contributed by atoms with E-state index in [4.69, 9.17) is 0 Å². The Hall–Kier alpha value is -1.26. The molecular formula is C10H10F4O. The van der Waals surface area contributed by atoms with E-state index in [1.807, 2.05) is 0 Å². The molecule has 84 valence electrons. The SMILES string of the molecule is CCCc1cccc(F)c1OC(F)(F)F. The number of hydrogen-bond acceptors (Lipinski definition) is 1. The standard InChI is InChI=1S/C10H10F4O/c1-2-4-7-5-3-6-8(11)9(7)15-10(12,13)14/h3,5-6H,2,4H2,1H3. The lowest BCUT2D eigenvalue weighted by molar-refractivity contribution is -0.275. The van der Waals surface area contributed by atoms with E-state index in [0.717, 1.165) is 6.07 Å². The first-order chi connectivity index (χ1) is 6.94. The van der Waals surface area contributed by atoms with Gasteiger partial charge in [0.2, 0.25) is 0 Å². The van der Waals surface area contributed by atoms with E-state index in [0.29, 0.717) is 12.8 Å². The summed E-state index contributed by atoms with van der Waals surface area (Å²) < 4.78 is 52.6. The van der Waals surface area contributed by atoms with Gasteiger partial charge >= 0.3 is 6.36 Å². The molecule has 0 spiro atoms. The first-order valence-electron chi connectivity index (χ1n) is 4.47. The lowest BCUT2D eigenvalue weighted by Gasteiger charge is -2.13. The van der Waals surface area contributed by atoms with Crippen LogP contribution in [0.15, 0.2) is 18.2 Å². The minimum absolute atomic E-state index is 0.231. The van der Waals surface area contributed by atoms with E-state index in [1.165, 1.54) is 12.1 Å². The minimum atomic E-state index is -4.86. The first-order valence-corrected chi connectivity index (χ1v) is 4.47. The number of aryl methyl sites for hydroxylation is 1. The van der Waals surface area contributed by atoms with E-state index in [-0.39, 0.29) is 5.56 Å². The monoisotopic (exact) mass is 222 g/mol. The van der Waals surface area contributed by atoms with Gasteiger partial charge in [0, 0.05) is 0 Å². The highest BCUT2D eigenvalue weighted by molar-refractivity contribution is 5.35. The number of halogens is 4. The molecule has 1 aromatic carbocycles. The van der Waals surface area contributed by atoms with Crippen LogP contribution in [0.1, 0.15) is 18.9 Å². The van der Waals surface area contributed by atoms with Gasteiger partial charge < -0.3 is 4.74 Å². The molecule has 0 heterocycles. The summed E-state index contributed by atoms with van der Waals surface area (Å²) in [5, 5.41) is 0. The van der Waals surface area contributed by atoms with Crippen LogP contribution in [0.4, 0.5) is 17.6 Å². The van der Waals surface area contributed by atoms with Crippen LogP contribution in [0.5, 0.6) is 5.75 Å². The Morgan fingerprint density at radius 3 is 2.47 bits per heavy atom. The van der Waals surface area contributed by atoms with Gasteiger partial charge in [0.25, 0.3) is 0 Å². The van der Waals surface area contributed by atoms with Crippen LogP contribution in [0.3, 0.4) is 0 Å². The van der Waals surface area contributed by atoms with Gasteiger partial charge in [0.15, 0.2) is 11.6 Å². The zero-order chi connectivity index (χ0) is 11.5. The molecule has 0 aliphatic rings. The van der Waals surface area contributed by atoms with Crippen LogP contribution < -0.4 is 4.74 Å². The van der Waals surface area contributed by atoms with Crippen LogP contribution in [0.2, 0.25) is 0 Å². The van der Waals surface area contributed by atoms with Crippen LogP contribution >= 0.6 is 0 Å². The van der Waals surface area contributed by atoms with Gasteiger partial charge in [0.05, 0.1) is 0 Å². The average molecular weight is 222 g/mol. The van der Waals surface area contributed by atoms with Gasteiger partial charge in [-0.25, -0.2) is 4.39 Å². The number of benzene rings is 1. The van der Waals surface area contributed by atoms with Crippen LogP contribution in [-0.2, 0) is 6.42 Å². The molecule has 0 amide bonds. The zero-order valence-corrected chi connectivity index (χ0v) is 8.07. The second-order valence-electron chi connectivity index (χ2n) is 3.03. The Morgan fingerprint density at radius 1 is 1.27 bits per heavy atom. The van der Waals surface area contributed by atoms with Crippen molar-refractivity contribution < 1.29 is 22.3 Å². The van der Waals surface area contributed by atoms with Crippen molar-refractivity contribution in [2.75, 3.05) is 0 Å². The highest BCUT2D eigenvalue weighted by Crippen LogP contribution is 2.29. The van der Waals surface area contributed by atoms with E-state index in [9.17, 15) is 17.6 Å². The minimum Gasteiger partial charge on any atom is -0.402 e. The summed E-state index contributed by atoms with van der Waals surface area (Å²) in [5.74, 6) is -1.70. The maximum absolute atomic E-state index is 13.1. The van der Waals surface area contributed by atoms with Crippen molar-refractivity contribution in [1.82, 2.24) is 0 Å². The predicted octanol–water partition coefficient (Wildman–Crippen LogP) is 3.68. The fraction of sp³-hybridized carbons (Fsp3) is 0.400. The smallest absolute Gasteiger partial charge is 0.402 e. The summed E-state index contributed by atoms with van der Waals surface area (Å²) in [5.41, 5.74) is 0.231. The molecule has 1 aromatic rings. The van der Waals surface area contributed by atoms with Gasteiger partial charge in [-0.2, -0.15) is 0 Å². The highest BCUT2D eigenvalue weighted by atomic mass is 19.4. The van der Waals surface area contributed by atoms with Gasteiger partial charge in [-0.3, -0.25) is 0 Å². The number of para-hydroxylation sites is 1. The third-order valence-corrected chi connectivity index (χ3v) is 1.79. The largest absolute Gasteiger partial charge is 0.573 e. The molecule has 0 aliphatic carbocycles. The summed E-state index contributed by atoms with van der Waals surface area (Å²) in [6.45, 7) is 1.79. The van der Waals surface area contributed by atoms with E-state index in [2.05, 4.69) is 4.74 Å². The Morgan fingerprint density at radius 2 is 1.93 bits per heavy atom. The maximum atomic E-state index is 13.1. The molecule has 15 heavy (non-hydrogen) atoms. The topological polar surface area (TPSA) is 9.23 Å². The second kappa shape index (κ2) is 4.51. The maximum Gasteiger partial charge on any atom is 0.573 e. The molecule has 1 rings (SSSR count). The Balaban J connectivity index is 3.02. The van der Waals surface area contributed by atoms with Gasteiger partial charge in [-0.05, 0) is 18.1 Å². The lowest BCUT2D eigenvalue weighted by Crippen LogP contribution is -2.19. The third-order valence-electron chi connectivity index (χ3n) is 1.79. The fourth-order valence-corrected chi connectivity index (χ4v) is 1.25. The quantitative estimate of drug-likeness (QED) is 0.709. The molecule has 0 fully saturated rings. The lowest BCUT2D eigenvalue weighted by atomic mass is 10.1. The molecule has 0 bridgehead atoms. The Kier molecular flexibility index (Phi) is 3.55. The number of rotatable bonds is 3. The molecule has 5 heteroatoms. The number of alkyl halides is 3. The molecule has 0 aromatic heterocycles. The molecule has 0 unspecified atom stereocenters. The Labute approximate surface area is 84.7 Å². The van der Waals surface area contributed by atoms with Crippen molar-refractivity contribution in [1.29, 1.82) is 0 Å². The van der Waals surface area contributed by atoms with Crippen molar-refractivity contribution in [3.8, 4) is 5.75 Å². The molecular weight excluding hydrogens is 212 g/mol. The van der Waals surface area contributed by atoms with E-state index in [1.54, 1.807) is 6.92 Å². The Bertz CT molecular complexity index is 333. The molecule has 0 saturated carbocycles. The van der Waals surface area contributed by atoms with Crippen LogP contribution in [0.25, 0.3) is 0 Å². The average Bonchev–Trinajstić information content (AvgIpc) is 2.10.